The van der Waals surface area contributed by atoms with E-state index in [1.165, 1.54) is 15.6 Å². The van der Waals surface area contributed by atoms with Gasteiger partial charge in [0, 0.05) is 15.5 Å². The Labute approximate surface area is 97.6 Å². The van der Waals surface area contributed by atoms with E-state index in [2.05, 4.69) is 23.6 Å². The molecule has 0 unspecified atom stereocenters. The van der Waals surface area contributed by atoms with Crippen LogP contribution in [-0.2, 0) is 0 Å². The van der Waals surface area contributed by atoms with E-state index in [1.807, 2.05) is 18.2 Å². The minimum absolute atomic E-state index is 0.299. The molecule has 16 heavy (non-hydrogen) atoms. The van der Waals surface area contributed by atoms with E-state index in [-0.39, 0.29) is 0 Å². The quantitative estimate of drug-likeness (QED) is 0.661. The zero-order valence-corrected chi connectivity index (χ0v) is 9.29. The van der Waals surface area contributed by atoms with Gasteiger partial charge in [-0.15, -0.1) is 11.3 Å². The molecule has 0 atom stereocenters. The van der Waals surface area contributed by atoms with Crippen LogP contribution in [0.3, 0.4) is 0 Å². The molecule has 0 aliphatic carbocycles. The molecule has 1 heterocycles. The van der Waals surface area contributed by atoms with Crippen molar-refractivity contribution in [2.45, 2.75) is 0 Å². The monoisotopic (exact) mass is 225 g/mol. The standard InChI is InChI=1S/C14H9OS/c15-11-6-4-10(5-7-11)12-2-1-3-14-13(12)8-9-16-14/h1-8,15H. The highest BCUT2D eigenvalue weighted by molar-refractivity contribution is 7.16. The SMILES string of the molecule is Oc1ccc(-c2cccc3s[c]cc23)cc1. The van der Waals surface area contributed by atoms with Crippen LogP contribution in [-0.4, -0.2) is 5.11 Å². The van der Waals surface area contributed by atoms with E-state index in [1.54, 1.807) is 23.5 Å². The van der Waals surface area contributed by atoms with Gasteiger partial charge in [0.15, 0.2) is 0 Å². The van der Waals surface area contributed by atoms with Gasteiger partial charge in [0.2, 0.25) is 0 Å². The minimum atomic E-state index is 0.299. The van der Waals surface area contributed by atoms with Crippen molar-refractivity contribution in [3.63, 3.8) is 0 Å². The summed E-state index contributed by atoms with van der Waals surface area (Å²) in [6, 6.07) is 15.5. The maximum atomic E-state index is 9.27. The molecule has 0 saturated heterocycles. The van der Waals surface area contributed by atoms with Crippen LogP contribution in [0.25, 0.3) is 21.2 Å². The average molecular weight is 225 g/mol. The largest absolute Gasteiger partial charge is 0.508 e. The maximum absolute atomic E-state index is 9.27. The van der Waals surface area contributed by atoms with Crippen molar-refractivity contribution in [3.05, 3.63) is 53.9 Å². The molecule has 0 amide bonds. The third kappa shape index (κ3) is 1.48. The molecule has 0 spiro atoms. The summed E-state index contributed by atoms with van der Waals surface area (Å²) in [6.07, 6.45) is 0. The zero-order chi connectivity index (χ0) is 11.0. The van der Waals surface area contributed by atoms with Gasteiger partial charge in [-0.25, -0.2) is 0 Å². The zero-order valence-electron chi connectivity index (χ0n) is 8.47. The van der Waals surface area contributed by atoms with Crippen LogP contribution < -0.4 is 0 Å². The Morgan fingerprint density at radius 3 is 2.62 bits per heavy atom. The molecule has 3 aromatic rings. The Morgan fingerprint density at radius 2 is 1.81 bits per heavy atom. The van der Waals surface area contributed by atoms with Gasteiger partial charge in [0.1, 0.15) is 5.75 Å². The highest BCUT2D eigenvalue weighted by Crippen LogP contribution is 2.31. The first-order valence-corrected chi connectivity index (χ1v) is 5.84. The maximum Gasteiger partial charge on any atom is 0.115 e. The fourth-order valence-electron chi connectivity index (χ4n) is 1.83. The molecule has 0 aliphatic rings. The highest BCUT2D eigenvalue weighted by Gasteiger charge is 2.04. The van der Waals surface area contributed by atoms with Crippen LogP contribution in [0.15, 0.2) is 48.5 Å². The summed E-state index contributed by atoms with van der Waals surface area (Å²) in [5.74, 6) is 0.299. The second kappa shape index (κ2) is 3.65. The lowest BCUT2D eigenvalue weighted by atomic mass is 10.0. The van der Waals surface area contributed by atoms with Gasteiger partial charge in [-0.05, 0) is 35.4 Å². The summed E-state index contributed by atoms with van der Waals surface area (Å²) in [5, 5.41) is 13.6. The molecule has 1 aromatic heterocycles. The lowest BCUT2D eigenvalue weighted by Crippen LogP contribution is -1.77. The molecule has 2 heteroatoms. The van der Waals surface area contributed by atoms with E-state index in [0.717, 1.165) is 5.56 Å². The third-order valence-corrected chi connectivity index (χ3v) is 3.43. The van der Waals surface area contributed by atoms with Gasteiger partial charge in [-0.1, -0.05) is 24.3 Å². The molecule has 2 aromatic carbocycles. The van der Waals surface area contributed by atoms with Crippen LogP contribution in [0.1, 0.15) is 0 Å². The molecule has 0 saturated carbocycles. The molecule has 0 bridgehead atoms. The Balaban J connectivity index is 2.25. The molecule has 77 valence electrons. The van der Waals surface area contributed by atoms with E-state index < -0.39 is 0 Å². The van der Waals surface area contributed by atoms with Crippen molar-refractivity contribution < 1.29 is 5.11 Å². The number of hydrogen-bond donors (Lipinski definition) is 1. The fourth-order valence-corrected chi connectivity index (χ4v) is 2.56. The summed E-state index contributed by atoms with van der Waals surface area (Å²) < 4.78 is 1.24. The van der Waals surface area contributed by atoms with E-state index in [4.69, 9.17) is 0 Å². The Kier molecular flexibility index (Phi) is 2.15. The molecular weight excluding hydrogens is 216 g/mol. The number of fused-ring (bicyclic) bond motifs is 1. The van der Waals surface area contributed by atoms with Crippen LogP contribution in [0.2, 0.25) is 0 Å². The molecule has 1 nitrogen and oxygen atoms in total. The number of thiophene rings is 1. The minimum Gasteiger partial charge on any atom is -0.508 e. The average Bonchev–Trinajstić information content (AvgIpc) is 2.78. The van der Waals surface area contributed by atoms with Gasteiger partial charge >= 0.3 is 0 Å². The first-order valence-electron chi connectivity index (χ1n) is 5.02. The Bertz CT molecular complexity index is 623. The van der Waals surface area contributed by atoms with Crippen molar-refractivity contribution in [1.29, 1.82) is 0 Å². The van der Waals surface area contributed by atoms with Gasteiger partial charge in [-0.2, -0.15) is 0 Å². The lowest BCUT2D eigenvalue weighted by Gasteiger charge is -2.03. The number of phenolic OH excluding ortho intramolecular Hbond substituents is 1. The number of hydrogen-bond acceptors (Lipinski definition) is 2. The third-order valence-electron chi connectivity index (χ3n) is 2.62. The molecule has 1 N–H and O–H groups in total. The second-order valence-electron chi connectivity index (χ2n) is 3.63. The number of aromatic hydroxyl groups is 1. The van der Waals surface area contributed by atoms with E-state index in [9.17, 15) is 5.11 Å². The summed E-state index contributed by atoms with van der Waals surface area (Å²) in [4.78, 5) is 0. The number of phenols is 1. The van der Waals surface area contributed by atoms with E-state index >= 15 is 0 Å². The summed E-state index contributed by atoms with van der Waals surface area (Å²) in [6.45, 7) is 0. The van der Waals surface area contributed by atoms with Gasteiger partial charge in [-0.3, -0.25) is 0 Å². The van der Waals surface area contributed by atoms with Crippen molar-refractivity contribution in [2.24, 2.45) is 0 Å². The number of rotatable bonds is 1. The fraction of sp³-hybridized carbons (Fsp3) is 0. The summed E-state index contributed by atoms with van der Waals surface area (Å²) in [5.41, 5.74) is 2.31. The molecule has 3 rings (SSSR count). The van der Waals surface area contributed by atoms with Gasteiger partial charge < -0.3 is 5.11 Å². The molecule has 0 aliphatic heterocycles. The first kappa shape index (κ1) is 9.43. The molecule has 0 fully saturated rings. The second-order valence-corrected chi connectivity index (χ2v) is 4.51. The van der Waals surface area contributed by atoms with Crippen molar-refractivity contribution in [3.8, 4) is 16.9 Å². The lowest BCUT2D eigenvalue weighted by molar-refractivity contribution is 0.475. The highest BCUT2D eigenvalue weighted by atomic mass is 32.1. The first-order chi connectivity index (χ1) is 7.84. The molecule has 1 radical (unpaired) electrons. The van der Waals surface area contributed by atoms with Crippen LogP contribution in [0.4, 0.5) is 0 Å². The Morgan fingerprint density at radius 1 is 1.00 bits per heavy atom. The topological polar surface area (TPSA) is 20.2 Å². The van der Waals surface area contributed by atoms with Crippen molar-refractivity contribution >= 4 is 21.4 Å². The van der Waals surface area contributed by atoms with Crippen LogP contribution in [0, 0.1) is 5.38 Å². The van der Waals surface area contributed by atoms with Crippen LogP contribution in [0.5, 0.6) is 5.75 Å². The Hall–Kier alpha value is -1.80. The summed E-state index contributed by atoms with van der Waals surface area (Å²) in [7, 11) is 0. The van der Waals surface area contributed by atoms with Gasteiger partial charge in [0.05, 0.1) is 0 Å². The van der Waals surface area contributed by atoms with Crippen molar-refractivity contribution in [2.75, 3.05) is 0 Å². The summed E-state index contributed by atoms with van der Waals surface area (Å²) >= 11 is 1.62. The predicted molar refractivity (Wildman–Crippen MR) is 67.8 cm³/mol. The van der Waals surface area contributed by atoms with E-state index in [0.29, 0.717) is 5.75 Å². The molecular formula is C14H9OS. The van der Waals surface area contributed by atoms with Crippen LogP contribution >= 0.6 is 11.3 Å². The normalized spacial score (nSPS) is 10.8. The smallest absolute Gasteiger partial charge is 0.115 e. The predicted octanol–water partition coefficient (Wildman–Crippen LogP) is 4.07. The van der Waals surface area contributed by atoms with Gasteiger partial charge in [0.25, 0.3) is 0 Å². The van der Waals surface area contributed by atoms with Crippen molar-refractivity contribution in [1.82, 2.24) is 0 Å². The number of benzene rings is 2.